The highest BCUT2D eigenvalue weighted by atomic mass is 79.9. The Balaban J connectivity index is 1.88. The van der Waals surface area contributed by atoms with E-state index in [9.17, 15) is 8.42 Å². The zero-order valence-corrected chi connectivity index (χ0v) is 16.4. The lowest BCUT2D eigenvalue weighted by Crippen LogP contribution is -2.36. The molecule has 132 valence electrons. The normalized spacial score (nSPS) is 12.5. The summed E-state index contributed by atoms with van der Waals surface area (Å²) in [5, 5.41) is 0.959. The third kappa shape index (κ3) is 4.23. The van der Waals surface area contributed by atoms with Crippen molar-refractivity contribution in [2.45, 2.75) is 30.8 Å². The number of nitrogens with zero attached hydrogens (tertiary/aromatic N) is 1. The topological polar surface area (TPSA) is 77.1 Å². The Hall–Kier alpha value is -1.83. The van der Waals surface area contributed by atoms with Crippen LogP contribution < -0.4 is 10.5 Å². The van der Waals surface area contributed by atoms with Crippen molar-refractivity contribution in [2.24, 2.45) is 5.73 Å². The second-order valence-electron chi connectivity index (χ2n) is 6.77. The standard InChI is InChI=1S/C18H20BrN3O2S/c1-18(2,20)12-22-10-9-13-11-15(5-8-17(13)22)21-25(23,24)16-6-3-14(19)4-7-16/h3-11,21H,12,20H2,1-2H3. The largest absolute Gasteiger partial charge is 0.346 e. The van der Waals surface area contributed by atoms with Crippen molar-refractivity contribution in [2.75, 3.05) is 4.72 Å². The van der Waals surface area contributed by atoms with Crippen LogP contribution in [0.3, 0.4) is 0 Å². The molecule has 0 spiro atoms. The number of sulfonamides is 1. The van der Waals surface area contributed by atoms with Gasteiger partial charge in [-0.05, 0) is 62.4 Å². The van der Waals surface area contributed by atoms with Gasteiger partial charge >= 0.3 is 0 Å². The van der Waals surface area contributed by atoms with Crippen LogP contribution in [0.15, 0.2) is 64.1 Å². The number of nitrogens with two attached hydrogens (primary N) is 1. The van der Waals surface area contributed by atoms with Crippen molar-refractivity contribution in [3.8, 4) is 0 Å². The van der Waals surface area contributed by atoms with E-state index in [1.165, 1.54) is 0 Å². The highest BCUT2D eigenvalue weighted by molar-refractivity contribution is 9.10. The van der Waals surface area contributed by atoms with Crippen LogP contribution >= 0.6 is 15.9 Å². The third-order valence-corrected chi connectivity index (χ3v) is 5.65. The molecule has 0 radical (unpaired) electrons. The molecular weight excluding hydrogens is 402 g/mol. The average Bonchev–Trinajstić information content (AvgIpc) is 2.87. The van der Waals surface area contributed by atoms with Gasteiger partial charge in [-0.1, -0.05) is 15.9 Å². The number of benzene rings is 2. The molecule has 0 aliphatic heterocycles. The second kappa shape index (κ2) is 6.48. The first-order chi connectivity index (χ1) is 11.6. The van der Waals surface area contributed by atoms with E-state index in [4.69, 9.17) is 5.73 Å². The van der Waals surface area contributed by atoms with Crippen LogP contribution in [-0.4, -0.2) is 18.5 Å². The lowest BCUT2D eigenvalue weighted by atomic mass is 10.1. The fourth-order valence-corrected chi connectivity index (χ4v) is 3.98. The maximum absolute atomic E-state index is 12.5. The number of halogens is 1. The van der Waals surface area contributed by atoms with Gasteiger partial charge in [0.1, 0.15) is 0 Å². The minimum atomic E-state index is -3.62. The number of hydrogen-bond acceptors (Lipinski definition) is 3. The molecule has 0 fully saturated rings. The molecule has 0 bridgehead atoms. The minimum Gasteiger partial charge on any atom is -0.346 e. The van der Waals surface area contributed by atoms with Crippen LogP contribution in [0.4, 0.5) is 5.69 Å². The summed E-state index contributed by atoms with van der Waals surface area (Å²) in [5.41, 5.74) is 7.31. The predicted molar refractivity (Wildman–Crippen MR) is 105 cm³/mol. The monoisotopic (exact) mass is 421 g/mol. The van der Waals surface area contributed by atoms with Crippen molar-refractivity contribution < 1.29 is 8.42 Å². The molecule has 25 heavy (non-hydrogen) atoms. The Morgan fingerprint density at radius 3 is 2.44 bits per heavy atom. The van der Waals surface area contributed by atoms with E-state index < -0.39 is 10.0 Å². The van der Waals surface area contributed by atoms with E-state index in [1.54, 1.807) is 30.3 Å². The van der Waals surface area contributed by atoms with Gasteiger partial charge in [0.2, 0.25) is 0 Å². The van der Waals surface area contributed by atoms with Crippen molar-refractivity contribution in [1.82, 2.24) is 4.57 Å². The zero-order valence-electron chi connectivity index (χ0n) is 14.0. The molecule has 3 aromatic rings. The van der Waals surface area contributed by atoms with Crippen molar-refractivity contribution in [1.29, 1.82) is 0 Å². The molecule has 1 aromatic heterocycles. The Labute approximate surface area is 156 Å². The van der Waals surface area contributed by atoms with Crippen LogP contribution in [0.1, 0.15) is 13.8 Å². The summed E-state index contributed by atoms with van der Waals surface area (Å²) in [5.74, 6) is 0. The number of anilines is 1. The van der Waals surface area contributed by atoms with Crippen LogP contribution in [0.25, 0.3) is 10.9 Å². The third-order valence-electron chi connectivity index (χ3n) is 3.73. The van der Waals surface area contributed by atoms with E-state index in [-0.39, 0.29) is 10.4 Å². The predicted octanol–water partition coefficient (Wildman–Crippen LogP) is 3.94. The number of nitrogens with one attached hydrogen (secondary N) is 1. The van der Waals surface area contributed by atoms with Gasteiger partial charge in [-0.2, -0.15) is 0 Å². The number of aromatic nitrogens is 1. The van der Waals surface area contributed by atoms with E-state index in [0.717, 1.165) is 15.4 Å². The Kier molecular flexibility index (Phi) is 4.66. The smallest absolute Gasteiger partial charge is 0.261 e. The first-order valence-electron chi connectivity index (χ1n) is 7.80. The second-order valence-corrected chi connectivity index (χ2v) is 9.36. The molecular formula is C18H20BrN3O2S. The Morgan fingerprint density at radius 2 is 1.80 bits per heavy atom. The van der Waals surface area contributed by atoms with Crippen LogP contribution in [0.2, 0.25) is 0 Å². The van der Waals surface area contributed by atoms with Crippen LogP contribution in [0.5, 0.6) is 0 Å². The summed E-state index contributed by atoms with van der Waals surface area (Å²) in [6.45, 7) is 4.62. The summed E-state index contributed by atoms with van der Waals surface area (Å²) in [4.78, 5) is 0.221. The Bertz CT molecular complexity index is 1000. The first-order valence-corrected chi connectivity index (χ1v) is 10.1. The summed E-state index contributed by atoms with van der Waals surface area (Å²) >= 11 is 3.30. The summed E-state index contributed by atoms with van der Waals surface area (Å²) < 4.78 is 30.5. The molecule has 5 nitrogen and oxygen atoms in total. The number of hydrogen-bond donors (Lipinski definition) is 2. The average molecular weight is 422 g/mol. The van der Waals surface area contributed by atoms with Gasteiger partial charge in [-0.15, -0.1) is 0 Å². The lowest BCUT2D eigenvalue weighted by molar-refractivity contribution is 0.441. The van der Waals surface area contributed by atoms with Gasteiger partial charge in [0.25, 0.3) is 10.0 Å². The molecule has 1 heterocycles. The van der Waals surface area contributed by atoms with E-state index in [1.807, 2.05) is 38.2 Å². The van der Waals surface area contributed by atoms with Gasteiger partial charge in [0.15, 0.2) is 0 Å². The van der Waals surface area contributed by atoms with Gasteiger partial charge < -0.3 is 10.3 Å². The van der Waals surface area contributed by atoms with Gasteiger partial charge in [0.05, 0.1) is 4.90 Å². The summed E-state index contributed by atoms with van der Waals surface area (Å²) in [6, 6.07) is 14.0. The SMILES string of the molecule is CC(C)(N)Cn1ccc2cc(NS(=O)(=O)c3ccc(Br)cc3)ccc21. The lowest BCUT2D eigenvalue weighted by Gasteiger charge is -2.20. The van der Waals surface area contributed by atoms with Gasteiger partial charge in [-0.25, -0.2) is 8.42 Å². The highest BCUT2D eigenvalue weighted by Crippen LogP contribution is 2.24. The summed E-state index contributed by atoms with van der Waals surface area (Å²) in [7, 11) is -3.62. The van der Waals surface area contributed by atoms with Crippen molar-refractivity contribution >= 4 is 42.5 Å². The number of fused-ring (bicyclic) bond motifs is 1. The Morgan fingerprint density at radius 1 is 1.12 bits per heavy atom. The van der Waals surface area contributed by atoms with E-state index in [2.05, 4.69) is 25.2 Å². The maximum Gasteiger partial charge on any atom is 0.261 e. The molecule has 0 atom stereocenters. The van der Waals surface area contributed by atoms with E-state index >= 15 is 0 Å². The molecule has 3 N–H and O–H groups in total. The maximum atomic E-state index is 12.5. The first kappa shape index (κ1) is 18.0. The fraction of sp³-hybridized carbons (Fsp3) is 0.222. The fourth-order valence-electron chi connectivity index (χ4n) is 2.67. The molecule has 7 heteroatoms. The van der Waals surface area contributed by atoms with Crippen molar-refractivity contribution in [3.63, 3.8) is 0 Å². The molecule has 0 unspecified atom stereocenters. The molecule has 0 aliphatic carbocycles. The molecule has 0 aliphatic rings. The van der Waals surface area contributed by atoms with Crippen molar-refractivity contribution in [3.05, 3.63) is 59.2 Å². The van der Waals surface area contributed by atoms with Gasteiger partial charge in [-0.3, -0.25) is 4.72 Å². The molecule has 3 rings (SSSR count). The number of rotatable bonds is 5. The molecule has 0 saturated heterocycles. The quantitative estimate of drug-likeness (QED) is 0.654. The van der Waals surface area contributed by atoms with Crippen LogP contribution in [-0.2, 0) is 16.6 Å². The molecule has 0 saturated carbocycles. The summed E-state index contributed by atoms with van der Waals surface area (Å²) in [6.07, 6.45) is 1.96. The highest BCUT2D eigenvalue weighted by Gasteiger charge is 2.16. The zero-order chi connectivity index (χ0) is 18.2. The van der Waals surface area contributed by atoms with Crippen LogP contribution in [0, 0.1) is 0 Å². The molecule has 0 amide bonds. The minimum absolute atomic E-state index is 0.221. The van der Waals surface area contributed by atoms with Gasteiger partial charge in [0, 0.05) is 39.3 Å². The van der Waals surface area contributed by atoms with E-state index in [0.29, 0.717) is 12.2 Å². The molecule has 2 aromatic carbocycles.